The van der Waals surface area contributed by atoms with Crippen LogP contribution in [0.25, 0.3) is 0 Å². The highest BCUT2D eigenvalue weighted by molar-refractivity contribution is 6.04. The number of hydrogen-bond acceptors (Lipinski definition) is 4. The first-order chi connectivity index (χ1) is 12.0. The van der Waals surface area contributed by atoms with E-state index in [1.54, 1.807) is 24.3 Å². The number of amides is 1. The monoisotopic (exact) mass is 343 g/mol. The summed E-state index contributed by atoms with van der Waals surface area (Å²) in [5.74, 6) is 0.327. The van der Waals surface area contributed by atoms with Crippen LogP contribution in [0, 0.1) is 0 Å². The van der Waals surface area contributed by atoms with Crippen molar-refractivity contribution >= 4 is 17.3 Å². The van der Waals surface area contributed by atoms with E-state index in [-0.39, 0.29) is 19.1 Å². The number of carbonyl (C=O) groups is 1. The maximum atomic E-state index is 12.4. The molecule has 0 saturated heterocycles. The number of carbonyl (C=O) groups excluding carboxylic acids is 1. The van der Waals surface area contributed by atoms with E-state index in [0.29, 0.717) is 23.2 Å². The number of nitrogens with one attached hydrogen (secondary N) is 1. The predicted octanol–water partition coefficient (Wildman–Crippen LogP) is 3.20. The Labute approximate surface area is 146 Å². The van der Waals surface area contributed by atoms with Crippen molar-refractivity contribution in [3.8, 4) is 5.75 Å². The molecule has 0 heterocycles. The molecule has 0 fully saturated rings. The van der Waals surface area contributed by atoms with Crippen LogP contribution >= 0.6 is 0 Å². The van der Waals surface area contributed by atoms with Gasteiger partial charge in [-0.3, -0.25) is 4.79 Å². The van der Waals surface area contributed by atoms with Crippen LogP contribution in [0.3, 0.4) is 0 Å². The van der Waals surface area contributed by atoms with Gasteiger partial charge in [0, 0.05) is 43.2 Å². The van der Waals surface area contributed by atoms with Crippen molar-refractivity contribution in [1.82, 2.24) is 0 Å². The topological polar surface area (TPSA) is 67.6 Å². The molecule has 3 N–H and O–H groups in total. The van der Waals surface area contributed by atoms with Crippen LogP contribution in [-0.2, 0) is 0 Å². The van der Waals surface area contributed by atoms with Crippen LogP contribution < -0.4 is 20.7 Å². The van der Waals surface area contributed by atoms with Gasteiger partial charge < -0.3 is 20.7 Å². The number of halogens is 1. The zero-order chi connectivity index (χ0) is 18.2. The number of benzene rings is 2. The molecule has 132 valence electrons. The van der Waals surface area contributed by atoms with E-state index in [9.17, 15) is 9.18 Å². The Morgan fingerprint density at radius 3 is 2.56 bits per heavy atom. The van der Waals surface area contributed by atoms with Crippen LogP contribution in [0.15, 0.2) is 60.4 Å². The van der Waals surface area contributed by atoms with Crippen LogP contribution in [0.2, 0.25) is 0 Å². The van der Waals surface area contributed by atoms with E-state index in [1.807, 2.05) is 43.3 Å². The fraction of sp³-hybridized carbons (Fsp3) is 0.211. The van der Waals surface area contributed by atoms with E-state index in [2.05, 4.69) is 5.32 Å². The van der Waals surface area contributed by atoms with Gasteiger partial charge in [0.2, 0.25) is 0 Å². The van der Waals surface area contributed by atoms with Gasteiger partial charge in [0.05, 0.1) is 6.33 Å². The van der Waals surface area contributed by atoms with Gasteiger partial charge in [-0.2, -0.15) is 0 Å². The van der Waals surface area contributed by atoms with Crippen molar-refractivity contribution in [1.29, 1.82) is 0 Å². The molecule has 2 aromatic carbocycles. The third-order valence-corrected chi connectivity index (χ3v) is 3.58. The third-order valence-electron chi connectivity index (χ3n) is 3.58. The zero-order valence-corrected chi connectivity index (χ0v) is 14.3. The molecule has 2 rings (SSSR count). The summed E-state index contributed by atoms with van der Waals surface area (Å²) in [6, 6.07) is 14.2. The molecule has 2 aromatic rings. The van der Waals surface area contributed by atoms with Crippen molar-refractivity contribution < 1.29 is 13.9 Å². The highest BCUT2D eigenvalue weighted by Gasteiger charge is 2.07. The summed E-state index contributed by atoms with van der Waals surface area (Å²) in [6.07, 6.45) is 0.448. The van der Waals surface area contributed by atoms with Gasteiger partial charge in [-0.15, -0.1) is 0 Å². The van der Waals surface area contributed by atoms with Crippen LogP contribution in [0.5, 0.6) is 5.75 Å². The molecule has 0 unspecified atom stereocenters. The van der Waals surface area contributed by atoms with Crippen molar-refractivity contribution in [2.75, 3.05) is 37.5 Å². The highest BCUT2D eigenvalue weighted by atomic mass is 19.1. The molecule has 0 aliphatic carbocycles. The summed E-state index contributed by atoms with van der Waals surface area (Å²) in [5.41, 5.74) is 7.95. The van der Waals surface area contributed by atoms with Gasteiger partial charge in [0.15, 0.2) is 0 Å². The molecule has 1 amide bonds. The lowest BCUT2D eigenvalue weighted by Gasteiger charge is -2.14. The molecule has 6 heteroatoms. The summed E-state index contributed by atoms with van der Waals surface area (Å²) in [7, 11) is 3.88. The van der Waals surface area contributed by atoms with Crippen molar-refractivity contribution in [3.63, 3.8) is 0 Å². The lowest BCUT2D eigenvalue weighted by Crippen LogP contribution is -2.13. The Bertz CT molecular complexity index is 743. The number of rotatable bonds is 7. The average molecular weight is 343 g/mol. The Hall–Kier alpha value is -2.86. The first kappa shape index (κ1) is 18.5. The minimum atomic E-state index is -0.214. The van der Waals surface area contributed by atoms with E-state index in [4.69, 9.17) is 10.5 Å². The summed E-state index contributed by atoms with van der Waals surface area (Å²) in [4.78, 5) is 14.3. The summed E-state index contributed by atoms with van der Waals surface area (Å²) >= 11 is 0. The normalized spacial score (nSPS) is 11.1. The van der Waals surface area contributed by atoms with E-state index >= 15 is 0 Å². The Morgan fingerprint density at radius 1 is 1.24 bits per heavy atom. The van der Waals surface area contributed by atoms with Crippen molar-refractivity contribution in [2.45, 2.75) is 0 Å². The van der Waals surface area contributed by atoms with Gasteiger partial charge in [0.1, 0.15) is 12.4 Å². The van der Waals surface area contributed by atoms with E-state index in [1.165, 1.54) is 0 Å². The SMILES string of the molecule is CN(C)c1cccc(NC(=O)c2ccc(OCC(=CF)CN)cc2)c1. The Balaban J connectivity index is 1.99. The predicted molar refractivity (Wildman–Crippen MR) is 98.9 cm³/mol. The maximum Gasteiger partial charge on any atom is 0.255 e. The fourth-order valence-corrected chi connectivity index (χ4v) is 2.08. The molecule has 25 heavy (non-hydrogen) atoms. The second-order valence-electron chi connectivity index (χ2n) is 5.68. The molecular formula is C19H22FN3O2. The summed E-state index contributed by atoms with van der Waals surface area (Å²) in [6.45, 7) is 0.179. The number of nitrogens with two attached hydrogens (primary N) is 1. The molecule has 0 aliphatic heterocycles. The summed E-state index contributed by atoms with van der Waals surface area (Å²) < 4.78 is 17.9. The molecule has 0 atom stereocenters. The molecular weight excluding hydrogens is 321 g/mol. The molecule has 0 radical (unpaired) electrons. The van der Waals surface area contributed by atoms with Crippen molar-refractivity contribution in [3.05, 3.63) is 66.0 Å². The minimum absolute atomic E-state index is 0.0792. The Kier molecular flexibility index (Phi) is 6.54. The highest BCUT2D eigenvalue weighted by Crippen LogP contribution is 2.19. The standard InChI is InChI=1S/C19H22FN3O2/c1-23(2)17-5-3-4-16(10-17)22-19(24)15-6-8-18(9-7-15)25-13-14(11-20)12-21/h3-11H,12-13,21H2,1-2H3,(H,22,24). The first-order valence-electron chi connectivity index (χ1n) is 7.83. The van der Waals surface area contributed by atoms with Gasteiger partial charge in [0.25, 0.3) is 5.91 Å². The van der Waals surface area contributed by atoms with Crippen LogP contribution in [0.1, 0.15) is 10.4 Å². The Morgan fingerprint density at radius 2 is 1.96 bits per heavy atom. The number of hydrogen-bond donors (Lipinski definition) is 2. The number of ether oxygens (including phenoxy) is 1. The van der Waals surface area contributed by atoms with Crippen LogP contribution in [-0.4, -0.2) is 33.2 Å². The molecule has 5 nitrogen and oxygen atoms in total. The average Bonchev–Trinajstić information content (AvgIpc) is 2.63. The lowest BCUT2D eigenvalue weighted by molar-refractivity contribution is 0.102. The zero-order valence-electron chi connectivity index (χ0n) is 14.3. The molecule has 0 aromatic heterocycles. The number of anilines is 2. The van der Waals surface area contributed by atoms with Crippen molar-refractivity contribution in [2.24, 2.45) is 5.73 Å². The van der Waals surface area contributed by atoms with Crippen LogP contribution in [0.4, 0.5) is 15.8 Å². The maximum absolute atomic E-state index is 12.4. The minimum Gasteiger partial charge on any atom is -0.489 e. The summed E-state index contributed by atoms with van der Waals surface area (Å²) in [5, 5.41) is 2.86. The van der Waals surface area contributed by atoms with Gasteiger partial charge in [-0.25, -0.2) is 4.39 Å². The van der Waals surface area contributed by atoms with Gasteiger partial charge in [-0.1, -0.05) is 6.07 Å². The quantitative estimate of drug-likeness (QED) is 0.810. The molecule has 0 aliphatic rings. The first-order valence-corrected chi connectivity index (χ1v) is 7.83. The smallest absolute Gasteiger partial charge is 0.255 e. The molecule has 0 bridgehead atoms. The second kappa shape index (κ2) is 8.84. The van der Waals surface area contributed by atoms with E-state index < -0.39 is 0 Å². The van der Waals surface area contributed by atoms with Gasteiger partial charge in [-0.05, 0) is 42.5 Å². The van der Waals surface area contributed by atoms with E-state index in [0.717, 1.165) is 11.4 Å². The largest absolute Gasteiger partial charge is 0.489 e. The second-order valence-corrected chi connectivity index (χ2v) is 5.68. The molecule has 0 spiro atoms. The molecule has 0 saturated carbocycles. The fourth-order valence-electron chi connectivity index (χ4n) is 2.08. The van der Waals surface area contributed by atoms with Gasteiger partial charge >= 0.3 is 0 Å². The number of nitrogens with zero attached hydrogens (tertiary/aromatic N) is 1. The third kappa shape index (κ3) is 5.32. The lowest BCUT2D eigenvalue weighted by atomic mass is 10.2.